The van der Waals surface area contributed by atoms with Gasteiger partial charge >= 0.3 is 0 Å². The van der Waals surface area contributed by atoms with E-state index in [1.165, 1.54) is 67.3 Å². The fourth-order valence-corrected chi connectivity index (χ4v) is 4.12. The molecule has 22 heavy (non-hydrogen) atoms. The molecule has 2 aliphatic rings. The maximum Gasteiger partial charge on any atom is 0.0438 e. The van der Waals surface area contributed by atoms with Crippen LogP contribution < -0.4 is 0 Å². The van der Waals surface area contributed by atoms with Gasteiger partial charge < -0.3 is 0 Å². The first-order valence-corrected chi connectivity index (χ1v) is 8.82. The van der Waals surface area contributed by atoms with Gasteiger partial charge in [-0.3, -0.25) is 9.97 Å². The van der Waals surface area contributed by atoms with Crippen molar-refractivity contribution in [3.05, 3.63) is 58.2 Å². The van der Waals surface area contributed by atoms with Gasteiger partial charge in [0, 0.05) is 24.3 Å². The summed E-state index contributed by atoms with van der Waals surface area (Å²) in [6.07, 6.45) is 18.6. The van der Waals surface area contributed by atoms with Gasteiger partial charge in [0.05, 0.1) is 0 Å². The van der Waals surface area contributed by atoms with Crippen LogP contribution in [0.3, 0.4) is 0 Å². The molecule has 0 amide bonds. The van der Waals surface area contributed by atoms with Crippen LogP contribution in [0.1, 0.15) is 59.2 Å². The second kappa shape index (κ2) is 6.20. The van der Waals surface area contributed by atoms with Crippen molar-refractivity contribution in [2.24, 2.45) is 0 Å². The SMILES string of the molecule is c1cc2c(cn1)CCc1cnc3c(c1CC2)CCCCCC3. The summed E-state index contributed by atoms with van der Waals surface area (Å²) >= 11 is 0. The maximum absolute atomic E-state index is 4.85. The zero-order valence-electron chi connectivity index (χ0n) is 13.3. The van der Waals surface area contributed by atoms with E-state index in [2.05, 4.69) is 23.4 Å². The molecule has 0 aliphatic heterocycles. The van der Waals surface area contributed by atoms with Crippen LogP contribution in [0.4, 0.5) is 0 Å². The van der Waals surface area contributed by atoms with Gasteiger partial charge in [0.25, 0.3) is 0 Å². The average molecular weight is 292 g/mol. The summed E-state index contributed by atoms with van der Waals surface area (Å²) < 4.78 is 0. The molecule has 2 aromatic rings. The van der Waals surface area contributed by atoms with E-state index in [9.17, 15) is 0 Å². The molecular formula is C20H24N2. The van der Waals surface area contributed by atoms with Crippen molar-refractivity contribution in [1.82, 2.24) is 9.97 Å². The predicted octanol–water partition coefficient (Wildman–Crippen LogP) is 4.02. The molecule has 0 radical (unpaired) electrons. The molecule has 0 bridgehead atoms. The number of aryl methyl sites for hydroxylation is 4. The third kappa shape index (κ3) is 2.67. The van der Waals surface area contributed by atoms with Crippen LogP contribution in [0.25, 0.3) is 0 Å². The van der Waals surface area contributed by atoms with Crippen LogP contribution in [0.15, 0.2) is 24.7 Å². The summed E-state index contributed by atoms with van der Waals surface area (Å²) in [4.78, 5) is 9.15. The third-order valence-corrected chi connectivity index (χ3v) is 5.38. The highest BCUT2D eigenvalue weighted by Gasteiger charge is 2.18. The Balaban J connectivity index is 1.71. The maximum atomic E-state index is 4.85. The second-order valence-corrected chi connectivity index (χ2v) is 6.75. The molecule has 2 heterocycles. The molecule has 4 rings (SSSR count). The molecule has 2 aliphatic carbocycles. The quantitative estimate of drug-likeness (QED) is 0.733. The average Bonchev–Trinajstić information content (AvgIpc) is 2.50. The number of pyridine rings is 2. The highest BCUT2D eigenvalue weighted by molar-refractivity contribution is 5.40. The van der Waals surface area contributed by atoms with E-state index < -0.39 is 0 Å². The summed E-state index contributed by atoms with van der Waals surface area (Å²) in [5.41, 5.74) is 9.06. The lowest BCUT2D eigenvalue weighted by Gasteiger charge is -2.22. The van der Waals surface area contributed by atoms with E-state index >= 15 is 0 Å². The summed E-state index contributed by atoms with van der Waals surface area (Å²) in [5.74, 6) is 0. The zero-order valence-corrected chi connectivity index (χ0v) is 13.3. The van der Waals surface area contributed by atoms with Crippen molar-refractivity contribution < 1.29 is 0 Å². The number of fused-ring (bicyclic) bond motifs is 4. The Morgan fingerprint density at radius 1 is 0.636 bits per heavy atom. The molecular weight excluding hydrogens is 268 g/mol. The Kier molecular flexibility index (Phi) is 3.92. The number of hydrogen-bond acceptors (Lipinski definition) is 2. The van der Waals surface area contributed by atoms with E-state index in [-0.39, 0.29) is 0 Å². The molecule has 2 heteroatoms. The predicted molar refractivity (Wildman–Crippen MR) is 89.2 cm³/mol. The van der Waals surface area contributed by atoms with Gasteiger partial charge in [-0.25, -0.2) is 0 Å². The minimum atomic E-state index is 1.11. The first kappa shape index (κ1) is 13.9. The lowest BCUT2D eigenvalue weighted by atomic mass is 9.85. The van der Waals surface area contributed by atoms with Crippen LogP contribution in [-0.2, 0) is 38.5 Å². The first-order valence-electron chi connectivity index (χ1n) is 8.82. The first-order chi connectivity index (χ1) is 10.9. The Morgan fingerprint density at radius 3 is 2.41 bits per heavy atom. The number of aromatic nitrogens is 2. The lowest BCUT2D eigenvalue weighted by Crippen LogP contribution is -2.14. The summed E-state index contributed by atoms with van der Waals surface area (Å²) in [7, 11) is 0. The molecule has 0 atom stereocenters. The molecule has 0 aromatic carbocycles. The van der Waals surface area contributed by atoms with E-state index in [0.717, 1.165) is 19.3 Å². The van der Waals surface area contributed by atoms with Crippen LogP contribution in [-0.4, -0.2) is 9.97 Å². The minimum Gasteiger partial charge on any atom is -0.264 e. The molecule has 0 saturated carbocycles. The van der Waals surface area contributed by atoms with E-state index in [0.29, 0.717) is 0 Å². The number of hydrogen-bond donors (Lipinski definition) is 0. The van der Waals surface area contributed by atoms with E-state index in [1.807, 2.05) is 6.20 Å². The monoisotopic (exact) mass is 292 g/mol. The van der Waals surface area contributed by atoms with Crippen LogP contribution >= 0.6 is 0 Å². The van der Waals surface area contributed by atoms with Gasteiger partial charge in [0.2, 0.25) is 0 Å². The molecule has 2 aromatic heterocycles. The topological polar surface area (TPSA) is 25.8 Å². The van der Waals surface area contributed by atoms with Gasteiger partial charge in [0.1, 0.15) is 0 Å². The fraction of sp³-hybridized carbons (Fsp3) is 0.500. The molecule has 0 N–H and O–H groups in total. The molecule has 2 nitrogen and oxygen atoms in total. The molecule has 0 spiro atoms. The van der Waals surface area contributed by atoms with Gasteiger partial charge in [-0.15, -0.1) is 0 Å². The van der Waals surface area contributed by atoms with Gasteiger partial charge in [-0.1, -0.05) is 12.8 Å². The van der Waals surface area contributed by atoms with Gasteiger partial charge in [-0.2, -0.15) is 0 Å². The minimum absolute atomic E-state index is 1.11. The second-order valence-electron chi connectivity index (χ2n) is 6.75. The van der Waals surface area contributed by atoms with Crippen molar-refractivity contribution in [2.45, 2.75) is 64.2 Å². The highest BCUT2D eigenvalue weighted by atomic mass is 14.7. The zero-order chi connectivity index (χ0) is 14.8. The van der Waals surface area contributed by atoms with Crippen LogP contribution in [0, 0.1) is 0 Å². The van der Waals surface area contributed by atoms with Crippen molar-refractivity contribution in [2.75, 3.05) is 0 Å². The fourth-order valence-electron chi connectivity index (χ4n) is 4.12. The van der Waals surface area contributed by atoms with Crippen LogP contribution in [0.5, 0.6) is 0 Å². The van der Waals surface area contributed by atoms with E-state index in [4.69, 9.17) is 4.98 Å². The summed E-state index contributed by atoms with van der Waals surface area (Å²) in [6, 6.07) is 2.21. The van der Waals surface area contributed by atoms with Crippen molar-refractivity contribution in [3.8, 4) is 0 Å². The van der Waals surface area contributed by atoms with Crippen molar-refractivity contribution >= 4 is 0 Å². The molecule has 114 valence electrons. The number of rotatable bonds is 0. The van der Waals surface area contributed by atoms with Crippen molar-refractivity contribution in [3.63, 3.8) is 0 Å². The standard InChI is InChI=1S/C20H24N2/c1-2-4-6-20-19(5-3-1)18-10-9-15-11-12-21-13-16(15)7-8-17(18)14-22-20/h11-14H,1-10H2. The highest BCUT2D eigenvalue weighted by Crippen LogP contribution is 2.28. The summed E-state index contributed by atoms with van der Waals surface area (Å²) in [5, 5.41) is 0. The molecule has 0 unspecified atom stereocenters. The van der Waals surface area contributed by atoms with Gasteiger partial charge in [0.15, 0.2) is 0 Å². The molecule has 0 fully saturated rings. The smallest absolute Gasteiger partial charge is 0.0438 e. The Labute approximate surface area is 133 Å². The Bertz CT molecular complexity index is 675. The van der Waals surface area contributed by atoms with E-state index in [1.54, 1.807) is 11.1 Å². The molecule has 0 saturated heterocycles. The number of nitrogens with zero attached hydrogens (tertiary/aromatic N) is 2. The summed E-state index contributed by atoms with van der Waals surface area (Å²) in [6.45, 7) is 0. The normalized spacial score (nSPS) is 18.0. The Hall–Kier alpha value is -1.70. The third-order valence-electron chi connectivity index (χ3n) is 5.38. The van der Waals surface area contributed by atoms with Crippen LogP contribution in [0.2, 0.25) is 0 Å². The Morgan fingerprint density at radius 2 is 1.45 bits per heavy atom. The van der Waals surface area contributed by atoms with Gasteiger partial charge in [-0.05, 0) is 85.3 Å². The lowest BCUT2D eigenvalue weighted by molar-refractivity contribution is 0.602. The van der Waals surface area contributed by atoms with Crippen molar-refractivity contribution in [1.29, 1.82) is 0 Å². The largest absolute Gasteiger partial charge is 0.264 e.